The van der Waals surface area contributed by atoms with Crippen molar-refractivity contribution in [2.24, 2.45) is 11.8 Å². The molecule has 0 aliphatic carbocycles. The van der Waals surface area contributed by atoms with E-state index in [1.807, 2.05) is 44.2 Å². The van der Waals surface area contributed by atoms with E-state index in [-0.39, 0.29) is 11.8 Å². The highest BCUT2D eigenvalue weighted by molar-refractivity contribution is 6.30. The molecule has 2 atom stereocenters. The maximum atomic E-state index is 12.8. The summed E-state index contributed by atoms with van der Waals surface area (Å²) in [6.45, 7) is 4.76. The molecular formula is C19H25ClN2O4. The first-order valence-electron chi connectivity index (χ1n) is 8.69. The number of carbonyl (C=O) groups is 2. The first-order valence-corrected chi connectivity index (χ1v) is 9.07. The van der Waals surface area contributed by atoms with Crippen molar-refractivity contribution in [1.82, 2.24) is 10.4 Å². The van der Waals surface area contributed by atoms with Crippen LogP contribution in [0.5, 0.6) is 0 Å². The topological polar surface area (TPSA) is 89.9 Å². The molecule has 2 rings (SSSR count). The average Bonchev–Trinajstić information content (AvgIpc) is 2.65. The van der Waals surface area contributed by atoms with Gasteiger partial charge in [-0.1, -0.05) is 43.7 Å². The lowest BCUT2D eigenvalue weighted by molar-refractivity contribution is -0.150. The highest BCUT2D eigenvalue weighted by atomic mass is 35.5. The number of benzene rings is 1. The van der Waals surface area contributed by atoms with E-state index in [1.54, 1.807) is 4.90 Å². The van der Waals surface area contributed by atoms with Crippen LogP contribution < -0.4 is 5.48 Å². The second-order valence-electron chi connectivity index (χ2n) is 6.93. The number of amides is 2. The molecule has 0 aromatic heterocycles. The second-order valence-corrected chi connectivity index (χ2v) is 7.36. The molecule has 0 unspecified atom stereocenters. The van der Waals surface area contributed by atoms with Gasteiger partial charge in [-0.05, 0) is 42.0 Å². The molecule has 1 aliphatic rings. The molecule has 0 radical (unpaired) electrons. The summed E-state index contributed by atoms with van der Waals surface area (Å²) in [5.41, 5.74) is 3.64. The van der Waals surface area contributed by atoms with Crippen LogP contribution in [0.3, 0.4) is 0 Å². The van der Waals surface area contributed by atoms with E-state index in [1.165, 1.54) is 5.48 Å². The number of carbonyl (C=O) groups excluding carboxylic acids is 2. The van der Waals surface area contributed by atoms with Crippen LogP contribution in [0, 0.1) is 11.8 Å². The molecule has 0 spiro atoms. The van der Waals surface area contributed by atoms with Crippen molar-refractivity contribution < 1.29 is 19.9 Å². The van der Waals surface area contributed by atoms with E-state index >= 15 is 0 Å². The third-order valence-electron chi connectivity index (χ3n) is 4.54. The highest BCUT2D eigenvalue weighted by Gasteiger charge is 2.35. The Bertz CT molecular complexity index is 673. The smallest absolute Gasteiger partial charge is 0.272 e. The molecule has 0 saturated heterocycles. The molecule has 6 nitrogen and oxygen atoms in total. The number of hydroxylamine groups is 1. The molecule has 1 heterocycles. The lowest BCUT2D eigenvalue weighted by Crippen LogP contribution is -2.48. The Hall–Kier alpha value is -1.89. The molecule has 2 amide bonds. The van der Waals surface area contributed by atoms with E-state index in [2.05, 4.69) is 0 Å². The van der Waals surface area contributed by atoms with Gasteiger partial charge < -0.3 is 10.0 Å². The molecule has 0 bridgehead atoms. The summed E-state index contributed by atoms with van der Waals surface area (Å²) in [7, 11) is 0. The fourth-order valence-electron chi connectivity index (χ4n) is 3.15. The molecule has 26 heavy (non-hydrogen) atoms. The predicted octanol–water partition coefficient (Wildman–Crippen LogP) is 2.48. The van der Waals surface area contributed by atoms with Crippen molar-refractivity contribution in [3.63, 3.8) is 0 Å². The van der Waals surface area contributed by atoms with Crippen LogP contribution >= 0.6 is 11.6 Å². The van der Waals surface area contributed by atoms with Crippen molar-refractivity contribution >= 4 is 29.0 Å². The van der Waals surface area contributed by atoms with E-state index in [9.17, 15) is 14.7 Å². The zero-order chi connectivity index (χ0) is 19.3. The van der Waals surface area contributed by atoms with Gasteiger partial charge in [0.15, 0.2) is 0 Å². The Balaban J connectivity index is 2.10. The van der Waals surface area contributed by atoms with Gasteiger partial charge in [-0.2, -0.15) is 0 Å². The van der Waals surface area contributed by atoms with E-state index in [0.29, 0.717) is 31.0 Å². The molecule has 3 N–H and O–H groups in total. The van der Waals surface area contributed by atoms with Crippen LogP contribution in [0.25, 0.3) is 5.57 Å². The SMILES string of the molecule is CC(C)C[C@H](C(=O)N1CC=C(c2ccc(Cl)cc2)CC1)[C@H](O)C(=O)NO. The van der Waals surface area contributed by atoms with Gasteiger partial charge in [0.1, 0.15) is 6.10 Å². The molecule has 1 aromatic carbocycles. The molecule has 142 valence electrons. The molecule has 0 fully saturated rings. The minimum Gasteiger partial charge on any atom is -0.382 e. The minimum atomic E-state index is -1.57. The maximum absolute atomic E-state index is 12.8. The molecule has 1 aromatic rings. The van der Waals surface area contributed by atoms with Crippen molar-refractivity contribution in [2.45, 2.75) is 32.8 Å². The van der Waals surface area contributed by atoms with E-state index < -0.39 is 17.9 Å². The van der Waals surface area contributed by atoms with Crippen LogP contribution in [-0.4, -0.2) is 46.2 Å². The quantitative estimate of drug-likeness (QED) is 0.522. The molecule has 1 aliphatic heterocycles. The van der Waals surface area contributed by atoms with Crippen LogP contribution in [0.15, 0.2) is 30.3 Å². The summed E-state index contributed by atoms with van der Waals surface area (Å²) in [6, 6.07) is 7.56. The van der Waals surface area contributed by atoms with Crippen molar-refractivity contribution in [3.8, 4) is 0 Å². The van der Waals surface area contributed by atoms with Gasteiger partial charge in [-0.15, -0.1) is 0 Å². The molecule has 0 saturated carbocycles. The fourth-order valence-corrected chi connectivity index (χ4v) is 3.28. The third-order valence-corrected chi connectivity index (χ3v) is 4.79. The van der Waals surface area contributed by atoms with Gasteiger partial charge in [-0.3, -0.25) is 14.8 Å². The van der Waals surface area contributed by atoms with Gasteiger partial charge in [0.05, 0.1) is 5.92 Å². The van der Waals surface area contributed by atoms with Gasteiger partial charge in [0, 0.05) is 18.1 Å². The first kappa shape index (κ1) is 20.4. The highest BCUT2D eigenvalue weighted by Crippen LogP contribution is 2.26. The van der Waals surface area contributed by atoms with Gasteiger partial charge in [0.2, 0.25) is 5.91 Å². The number of nitrogens with zero attached hydrogens (tertiary/aromatic N) is 1. The number of hydrogen-bond acceptors (Lipinski definition) is 4. The number of aliphatic hydroxyl groups is 1. The summed E-state index contributed by atoms with van der Waals surface area (Å²) in [5.74, 6) is -2.00. The maximum Gasteiger partial charge on any atom is 0.272 e. The number of nitrogens with one attached hydrogen (secondary N) is 1. The number of hydrogen-bond donors (Lipinski definition) is 3. The third kappa shape index (κ3) is 5.06. The Kier molecular flexibility index (Phi) is 7.20. The van der Waals surface area contributed by atoms with Gasteiger partial charge in [0.25, 0.3) is 5.91 Å². The van der Waals surface area contributed by atoms with Crippen LogP contribution in [-0.2, 0) is 9.59 Å². The van der Waals surface area contributed by atoms with Crippen LogP contribution in [0.4, 0.5) is 0 Å². The lowest BCUT2D eigenvalue weighted by atomic mass is 9.89. The summed E-state index contributed by atoms with van der Waals surface area (Å²) >= 11 is 5.91. The monoisotopic (exact) mass is 380 g/mol. The normalized spacial score (nSPS) is 16.8. The minimum absolute atomic E-state index is 0.120. The Morgan fingerprint density at radius 3 is 2.42 bits per heavy atom. The molecule has 7 heteroatoms. The van der Waals surface area contributed by atoms with Crippen LogP contribution in [0.2, 0.25) is 5.02 Å². The summed E-state index contributed by atoms with van der Waals surface area (Å²) in [4.78, 5) is 26.1. The average molecular weight is 381 g/mol. The Labute approximate surface area is 158 Å². The van der Waals surface area contributed by atoms with Crippen molar-refractivity contribution in [1.29, 1.82) is 0 Å². The fraction of sp³-hybridized carbons (Fsp3) is 0.474. The second kappa shape index (κ2) is 9.16. The predicted molar refractivity (Wildman–Crippen MR) is 99.5 cm³/mol. The largest absolute Gasteiger partial charge is 0.382 e. The molecular weight excluding hydrogens is 356 g/mol. The lowest BCUT2D eigenvalue weighted by Gasteiger charge is -2.32. The summed E-state index contributed by atoms with van der Waals surface area (Å²) in [5, 5.41) is 19.6. The zero-order valence-corrected chi connectivity index (χ0v) is 15.7. The Morgan fingerprint density at radius 2 is 1.92 bits per heavy atom. The van der Waals surface area contributed by atoms with E-state index in [4.69, 9.17) is 16.8 Å². The standard InChI is InChI=1S/C19H25ClN2O4/c1-12(2)11-16(17(23)18(24)21-26)19(25)22-9-7-14(8-10-22)13-3-5-15(20)6-4-13/h3-7,12,16-17,23,26H,8-11H2,1-2H3,(H,21,24)/t16-,17-/m0/s1. The van der Waals surface area contributed by atoms with Gasteiger partial charge >= 0.3 is 0 Å². The number of aliphatic hydroxyl groups excluding tert-OH is 1. The van der Waals surface area contributed by atoms with E-state index in [0.717, 1.165) is 11.1 Å². The van der Waals surface area contributed by atoms with Gasteiger partial charge in [-0.25, -0.2) is 5.48 Å². The number of halogens is 1. The van der Waals surface area contributed by atoms with Crippen LogP contribution in [0.1, 0.15) is 32.3 Å². The summed E-state index contributed by atoms with van der Waals surface area (Å²) < 4.78 is 0. The Morgan fingerprint density at radius 1 is 1.27 bits per heavy atom. The first-order chi connectivity index (χ1) is 12.3. The summed E-state index contributed by atoms with van der Waals surface area (Å²) in [6.07, 6.45) is 1.45. The zero-order valence-electron chi connectivity index (χ0n) is 15.0. The van der Waals surface area contributed by atoms with Crippen molar-refractivity contribution in [2.75, 3.05) is 13.1 Å². The van der Waals surface area contributed by atoms with Crippen molar-refractivity contribution in [3.05, 3.63) is 40.9 Å². The number of rotatable bonds is 6.